The number of nitrogen functional groups attached to an aromatic ring is 1. The Morgan fingerprint density at radius 1 is 1.42 bits per heavy atom. The third-order valence-electron chi connectivity index (χ3n) is 2.97. The summed E-state index contributed by atoms with van der Waals surface area (Å²) in [5.41, 5.74) is 2.37. The molecule has 19 heavy (non-hydrogen) atoms. The molecule has 0 saturated carbocycles. The van der Waals surface area contributed by atoms with Gasteiger partial charge in [0.1, 0.15) is 5.82 Å². The number of aryl methyl sites for hydroxylation is 1. The van der Waals surface area contributed by atoms with Gasteiger partial charge in [-0.2, -0.15) is 15.0 Å². The lowest BCUT2D eigenvalue weighted by Crippen LogP contribution is -2.26. The lowest BCUT2D eigenvalue weighted by atomic mass is 10.3. The zero-order chi connectivity index (χ0) is 13.7. The first kappa shape index (κ1) is 13.5. The summed E-state index contributed by atoms with van der Waals surface area (Å²) in [5.74, 6) is 6.39. The van der Waals surface area contributed by atoms with Crippen molar-refractivity contribution in [3.63, 3.8) is 0 Å². The number of carbonyl (C=O) groups excluding carboxylic acids is 1. The second-order valence-electron chi connectivity index (χ2n) is 4.29. The Balaban J connectivity index is 1.89. The molecule has 0 radical (unpaired) electrons. The summed E-state index contributed by atoms with van der Waals surface area (Å²) < 4.78 is 4.97. The van der Waals surface area contributed by atoms with Gasteiger partial charge in [0, 0.05) is 25.9 Å². The van der Waals surface area contributed by atoms with E-state index in [1.807, 2.05) is 4.90 Å². The number of hydrazine groups is 1. The Labute approximate surface area is 111 Å². The first-order valence-electron chi connectivity index (χ1n) is 6.26. The number of carbonyl (C=O) groups is 1. The van der Waals surface area contributed by atoms with Crippen molar-refractivity contribution in [1.29, 1.82) is 0 Å². The first-order chi connectivity index (χ1) is 9.22. The van der Waals surface area contributed by atoms with Crippen LogP contribution >= 0.6 is 0 Å². The van der Waals surface area contributed by atoms with Crippen molar-refractivity contribution in [3.05, 3.63) is 5.82 Å². The van der Waals surface area contributed by atoms with Crippen LogP contribution in [0, 0.1) is 0 Å². The van der Waals surface area contributed by atoms with Gasteiger partial charge in [-0.25, -0.2) is 5.84 Å². The van der Waals surface area contributed by atoms with Crippen molar-refractivity contribution in [3.8, 4) is 6.01 Å². The number of ether oxygens (including phenoxy) is 1. The molecule has 1 amide bonds. The fourth-order valence-electron chi connectivity index (χ4n) is 2.03. The van der Waals surface area contributed by atoms with Gasteiger partial charge in [0.05, 0.1) is 7.11 Å². The van der Waals surface area contributed by atoms with Crippen LogP contribution in [0.25, 0.3) is 0 Å². The van der Waals surface area contributed by atoms with Gasteiger partial charge in [-0.3, -0.25) is 10.2 Å². The maximum atomic E-state index is 11.5. The number of hydrogen-bond acceptors (Lipinski definition) is 7. The molecular weight excluding hydrogens is 248 g/mol. The molecule has 8 nitrogen and oxygen atoms in total. The van der Waals surface area contributed by atoms with Crippen LogP contribution in [0.5, 0.6) is 6.01 Å². The van der Waals surface area contributed by atoms with E-state index in [2.05, 4.69) is 20.4 Å². The van der Waals surface area contributed by atoms with Crippen LogP contribution in [-0.4, -0.2) is 46.0 Å². The normalized spacial score (nSPS) is 14.8. The third kappa shape index (κ3) is 3.50. The Morgan fingerprint density at radius 3 is 2.89 bits per heavy atom. The zero-order valence-corrected chi connectivity index (χ0v) is 10.9. The number of likely N-dealkylation sites (tertiary alicyclic amines) is 1. The third-order valence-corrected chi connectivity index (χ3v) is 2.97. The van der Waals surface area contributed by atoms with Gasteiger partial charge in [-0.05, 0) is 12.8 Å². The van der Waals surface area contributed by atoms with Crippen LogP contribution in [0.4, 0.5) is 5.95 Å². The summed E-state index contributed by atoms with van der Waals surface area (Å²) in [6, 6.07) is 0.232. The molecule has 3 N–H and O–H groups in total. The average Bonchev–Trinajstić information content (AvgIpc) is 2.84. The number of nitrogens with one attached hydrogen (secondary N) is 1. The van der Waals surface area contributed by atoms with E-state index in [0.717, 1.165) is 25.9 Å². The van der Waals surface area contributed by atoms with Crippen molar-refractivity contribution in [2.24, 2.45) is 5.84 Å². The molecule has 1 aliphatic rings. The van der Waals surface area contributed by atoms with E-state index < -0.39 is 0 Å². The minimum atomic E-state index is 0.232. The van der Waals surface area contributed by atoms with Crippen molar-refractivity contribution in [2.45, 2.75) is 25.7 Å². The molecule has 0 unspecified atom stereocenters. The van der Waals surface area contributed by atoms with Crippen LogP contribution in [0.3, 0.4) is 0 Å². The highest BCUT2D eigenvalue weighted by atomic mass is 16.5. The number of nitrogens with zero attached hydrogens (tertiary/aromatic N) is 4. The minimum absolute atomic E-state index is 0.232. The molecule has 0 aliphatic carbocycles. The van der Waals surface area contributed by atoms with E-state index in [4.69, 9.17) is 10.6 Å². The van der Waals surface area contributed by atoms with Crippen molar-refractivity contribution < 1.29 is 9.53 Å². The minimum Gasteiger partial charge on any atom is -0.467 e. The lowest BCUT2D eigenvalue weighted by molar-refractivity contribution is -0.127. The zero-order valence-electron chi connectivity index (χ0n) is 10.9. The number of amides is 1. The Bertz CT molecular complexity index is 431. The lowest BCUT2D eigenvalue weighted by Gasteiger charge is -2.14. The molecule has 8 heteroatoms. The molecule has 1 aromatic rings. The molecule has 0 spiro atoms. The van der Waals surface area contributed by atoms with Gasteiger partial charge in [0.25, 0.3) is 0 Å². The van der Waals surface area contributed by atoms with Crippen LogP contribution in [0.2, 0.25) is 0 Å². The summed E-state index contributed by atoms with van der Waals surface area (Å²) in [4.78, 5) is 25.5. The van der Waals surface area contributed by atoms with Crippen LogP contribution in [0.1, 0.15) is 25.1 Å². The summed E-state index contributed by atoms with van der Waals surface area (Å²) in [7, 11) is 1.49. The number of anilines is 1. The maximum absolute atomic E-state index is 11.5. The molecule has 2 rings (SSSR count). The topological polar surface area (TPSA) is 106 Å². The molecule has 2 heterocycles. The fourth-order valence-corrected chi connectivity index (χ4v) is 2.03. The second kappa shape index (κ2) is 6.28. The van der Waals surface area contributed by atoms with Crippen molar-refractivity contribution in [2.75, 3.05) is 25.6 Å². The van der Waals surface area contributed by atoms with Crippen LogP contribution in [0.15, 0.2) is 0 Å². The second-order valence-corrected chi connectivity index (χ2v) is 4.29. The van der Waals surface area contributed by atoms with Crippen molar-refractivity contribution >= 4 is 11.9 Å². The quantitative estimate of drug-likeness (QED) is 0.538. The molecule has 0 aromatic carbocycles. The summed E-state index contributed by atoms with van der Waals surface area (Å²) in [5, 5.41) is 0. The highest BCUT2D eigenvalue weighted by molar-refractivity contribution is 5.77. The molecule has 1 aromatic heterocycles. The standard InChI is InChI=1S/C11H18N6O2/c1-19-11-14-8(13-10(15-11)16-12)4-2-6-17-7-3-5-9(17)18/h2-7,12H2,1H3,(H,13,14,15,16). The van der Waals surface area contributed by atoms with Gasteiger partial charge in [-0.1, -0.05) is 0 Å². The van der Waals surface area contributed by atoms with E-state index in [-0.39, 0.29) is 17.9 Å². The number of methoxy groups -OCH3 is 1. The van der Waals surface area contributed by atoms with Gasteiger partial charge >= 0.3 is 6.01 Å². The van der Waals surface area contributed by atoms with Crippen LogP contribution < -0.4 is 16.0 Å². The summed E-state index contributed by atoms with van der Waals surface area (Å²) in [6.45, 7) is 1.59. The highest BCUT2D eigenvalue weighted by Gasteiger charge is 2.19. The van der Waals surface area contributed by atoms with Gasteiger partial charge in [0.15, 0.2) is 0 Å². The maximum Gasteiger partial charge on any atom is 0.321 e. The molecular formula is C11H18N6O2. The number of aromatic nitrogens is 3. The first-order valence-corrected chi connectivity index (χ1v) is 6.26. The molecule has 1 aliphatic heterocycles. The monoisotopic (exact) mass is 266 g/mol. The van der Waals surface area contributed by atoms with E-state index in [9.17, 15) is 4.79 Å². The molecule has 0 bridgehead atoms. The smallest absolute Gasteiger partial charge is 0.321 e. The van der Waals surface area contributed by atoms with Gasteiger partial charge in [0.2, 0.25) is 11.9 Å². The van der Waals surface area contributed by atoms with E-state index in [1.54, 1.807) is 0 Å². The number of nitrogens with two attached hydrogens (primary N) is 1. The van der Waals surface area contributed by atoms with Gasteiger partial charge in [-0.15, -0.1) is 0 Å². The Hall–Kier alpha value is -1.96. The SMILES string of the molecule is COc1nc(CCCN2CCCC2=O)nc(NN)n1. The van der Waals surface area contributed by atoms with Gasteiger partial charge < -0.3 is 9.64 Å². The van der Waals surface area contributed by atoms with E-state index in [0.29, 0.717) is 18.7 Å². The molecule has 0 atom stereocenters. The summed E-state index contributed by atoms with van der Waals surface area (Å²) >= 11 is 0. The Kier molecular flexibility index (Phi) is 4.45. The highest BCUT2D eigenvalue weighted by Crippen LogP contribution is 2.12. The van der Waals surface area contributed by atoms with E-state index >= 15 is 0 Å². The molecule has 1 saturated heterocycles. The predicted octanol–water partition coefficient (Wildman–Crippen LogP) is -0.279. The number of hydrogen-bond donors (Lipinski definition) is 2. The predicted molar refractivity (Wildman–Crippen MR) is 68.3 cm³/mol. The molecule has 104 valence electrons. The number of rotatable bonds is 6. The largest absolute Gasteiger partial charge is 0.467 e. The van der Waals surface area contributed by atoms with E-state index in [1.165, 1.54) is 7.11 Å². The molecule has 1 fully saturated rings. The Morgan fingerprint density at radius 2 is 2.26 bits per heavy atom. The van der Waals surface area contributed by atoms with Crippen molar-refractivity contribution in [1.82, 2.24) is 19.9 Å². The fraction of sp³-hybridized carbons (Fsp3) is 0.636. The average molecular weight is 266 g/mol. The van der Waals surface area contributed by atoms with Crippen LogP contribution in [-0.2, 0) is 11.2 Å². The summed E-state index contributed by atoms with van der Waals surface area (Å²) in [6.07, 6.45) is 3.08.